The van der Waals surface area contributed by atoms with Gasteiger partial charge >= 0.3 is 0 Å². The summed E-state index contributed by atoms with van der Waals surface area (Å²) in [5, 5.41) is 40.5. The van der Waals surface area contributed by atoms with Gasteiger partial charge in [0.1, 0.15) is 17.0 Å². The number of hydrogen-bond donors (Lipinski definition) is 1. The number of aromatic nitrogens is 1. The Kier molecular flexibility index (Phi) is 4.23. The SMILES string of the molecule is Cc1c(/N=N/c2ccc(O)c3ncccc23)cc([N+](=O)[O-])cc1[N+](=O)[O-]. The Labute approximate surface area is 145 Å². The van der Waals surface area contributed by atoms with E-state index >= 15 is 0 Å². The van der Waals surface area contributed by atoms with E-state index in [0.717, 1.165) is 12.1 Å². The third-order valence-electron chi connectivity index (χ3n) is 3.74. The van der Waals surface area contributed by atoms with Gasteiger partial charge in [-0.1, -0.05) is 0 Å². The van der Waals surface area contributed by atoms with Crippen LogP contribution in [-0.2, 0) is 0 Å². The van der Waals surface area contributed by atoms with Crippen LogP contribution in [0.2, 0.25) is 0 Å². The lowest BCUT2D eigenvalue weighted by atomic mass is 10.1. The van der Waals surface area contributed by atoms with Crippen molar-refractivity contribution in [2.24, 2.45) is 10.2 Å². The molecule has 3 rings (SSSR count). The van der Waals surface area contributed by atoms with Gasteiger partial charge in [0.15, 0.2) is 0 Å². The van der Waals surface area contributed by atoms with E-state index in [2.05, 4.69) is 15.2 Å². The van der Waals surface area contributed by atoms with Crippen LogP contribution in [0.15, 0.2) is 52.8 Å². The van der Waals surface area contributed by atoms with Crippen molar-refractivity contribution in [1.29, 1.82) is 0 Å². The Morgan fingerprint density at radius 1 is 1.04 bits per heavy atom. The first-order valence-corrected chi connectivity index (χ1v) is 7.30. The lowest BCUT2D eigenvalue weighted by Gasteiger charge is -2.04. The Bertz CT molecular complexity index is 1080. The summed E-state index contributed by atoms with van der Waals surface area (Å²) in [5.41, 5.74) is -0.00871. The van der Waals surface area contributed by atoms with E-state index < -0.39 is 21.2 Å². The maximum Gasteiger partial charge on any atom is 0.281 e. The van der Waals surface area contributed by atoms with Crippen LogP contribution < -0.4 is 0 Å². The molecule has 10 nitrogen and oxygen atoms in total. The largest absolute Gasteiger partial charge is 0.506 e. The molecule has 0 aliphatic heterocycles. The second-order valence-corrected chi connectivity index (χ2v) is 5.33. The fourth-order valence-electron chi connectivity index (χ4n) is 2.41. The number of nitro benzene ring substituents is 2. The van der Waals surface area contributed by atoms with Crippen LogP contribution in [0.4, 0.5) is 22.7 Å². The van der Waals surface area contributed by atoms with Gasteiger partial charge in [0, 0.05) is 17.6 Å². The molecule has 0 atom stereocenters. The molecule has 0 spiro atoms. The molecule has 1 heterocycles. The Morgan fingerprint density at radius 2 is 1.77 bits per heavy atom. The maximum atomic E-state index is 11.1. The van der Waals surface area contributed by atoms with Crippen molar-refractivity contribution in [2.75, 3.05) is 0 Å². The first-order chi connectivity index (χ1) is 12.4. The molecule has 0 saturated carbocycles. The average molecular weight is 353 g/mol. The summed E-state index contributed by atoms with van der Waals surface area (Å²) in [7, 11) is 0. The second-order valence-electron chi connectivity index (χ2n) is 5.33. The second kappa shape index (κ2) is 6.51. The third-order valence-corrected chi connectivity index (χ3v) is 3.74. The van der Waals surface area contributed by atoms with Crippen LogP contribution in [0.5, 0.6) is 5.75 Å². The third kappa shape index (κ3) is 3.02. The molecule has 26 heavy (non-hydrogen) atoms. The number of benzene rings is 2. The van der Waals surface area contributed by atoms with Crippen molar-refractivity contribution < 1.29 is 15.0 Å². The van der Waals surface area contributed by atoms with E-state index in [1.807, 2.05) is 0 Å². The van der Waals surface area contributed by atoms with Gasteiger partial charge in [-0.3, -0.25) is 25.2 Å². The number of pyridine rings is 1. The minimum Gasteiger partial charge on any atom is -0.506 e. The normalized spacial score (nSPS) is 11.1. The van der Waals surface area contributed by atoms with Crippen molar-refractivity contribution in [3.63, 3.8) is 0 Å². The lowest BCUT2D eigenvalue weighted by Crippen LogP contribution is -1.95. The van der Waals surface area contributed by atoms with E-state index in [1.165, 1.54) is 25.3 Å². The van der Waals surface area contributed by atoms with Gasteiger partial charge < -0.3 is 5.11 Å². The molecule has 10 heteroatoms. The van der Waals surface area contributed by atoms with Gasteiger partial charge in [-0.15, -0.1) is 10.2 Å². The average Bonchev–Trinajstić information content (AvgIpc) is 2.62. The van der Waals surface area contributed by atoms with Gasteiger partial charge in [-0.2, -0.15) is 0 Å². The number of non-ortho nitro benzene ring substituents is 1. The van der Waals surface area contributed by atoms with Crippen LogP contribution in [0.25, 0.3) is 10.9 Å². The highest BCUT2D eigenvalue weighted by atomic mass is 16.6. The molecular weight excluding hydrogens is 342 g/mol. The van der Waals surface area contributed by atoms with Crippen LogP contribution in [0.3, 0.4) is 0 Å². The van der Waals surface area contributed by atoms with Crippen molar-refractivity contribution in [1.82, 2.24) is 4.98 Å². The van der Waals surface area contributed by atoms with Crippen molar-refractivity contribution in [3.05, 3.63) is 68.4 Å². The van der Waals surface area contributed by atoms with E-state index in [0.29, 0.717) is 16.6 Å². The summed E-state index contributed by atoms with van der Waals surface area (Å²) in [6.45, 7) is 1.44. The first-order valence-electron chi connectivity index (χ1n) is 7.30. The predicted octanol–water partition coefficient (Wildman–Crippen LogP) is 4.48. The molecule has 1 aromatic heterocycles. The number of azo groups is 1. The molecule has 0 fully saturated rings. The molecule has 0 radical (unpaired) electrons. The summed E-state index contributed by atoms with van der Waals surface area (Å²) >= 11 is 0. The summed E-state index contributed by atoms with van der Waals surface area (Å²) in [4.78, 5) is 24.7. The molecule has 2 aromatic carbocycles. The minimum atomic E-state index is -0.731. The zero-order valence-electron chi connectivity index (χ0n) is 13.4. The molecule has 0 bridgehead atoms. The number of aromatic hydroxyl groups is 1. The molecule has 0 unspecified atom stereocenters. The smallest absolute Gasteiger partial charge is 0.281 e. The topological polar surface area (TPSA) is 144 Å². The summed E-state index contributed by atoms with van der Waals surface area (Å²) in [6, 6.07) is 8.24. The van der Waals surface area contributed by atoms with E-state index in [1.54, 1.807) is 12.1 Å². The number of nitro groups is 2. The number of hydrogen-bond acceptors (Lipinski definition) is 8. The maximum absolute atomic E-state index is 11.1. The zero-order chi connectivity index (χ0) is 18.8. The number of phenols is 1. The fourth-order valence-corrected chi connectivity index (χ4v) is 2.41. The van der Waals surface area contributed by atoms with Gasteiger partial charge in [0.2, 0.25) is 0 Å². The highest BCUT2D eigenvalue weighted by molar-refractivity contribution is 5.93. The number of nitrogens with zero attached hydrogens (tertiary/aromatic N) is 5. The first kappa shape index (κ1) is 16.9. The Hall–Kier alpha value is -3.95. The van der Waals surface area contributed by atoms with Crippen molar-refractivity contribution in [2.45, 2.75) is 6.92 Å². The fraction of sp³-hybridized carbons (Fsp3) is 0.0625. The van der Waals surface area contributed by atoms with Crippen molar-refractivity contribution in [3.8, 4) is 5.75 Å². The monoisotopic (exact) mass is 353 g/mol. The van der Waals surface area contributed by atoms with Crippen LogP contribution in [0.1, 0.15) is 5.56 Å². The van der Waals surface area contributed by atoms with E-state index in [4.69, 9.17) is 0 Å². The van der Waals surface area contributed by atoms with Gasteiger partial charge in [-0.05, 0) is 31.2 Å². The van der Waals surface area contributed by atoms with E-state index in [-0.39, 0.29) is 17.0 Å². The van der Waals surface area contributed by atoms with Gasteiger partial charge in [0.05, 0.1) is 27.2 Å². The highest BCUT2D eigenvalue weighted by Gasteiger charge is 2.21. The zero-order valence-corrected chi connectivity index (χ0v) is 13.4. The molecule has 3 aromatic rings. The van der Waals surface area contributed by atoms with Crippen molar-refractivity contribution >= 4 is 33.7 Å². The number of phenolic OH excluding ortho intramolecular Hbond substituents is 1. The Balaban J connectivity index is 2.13. The minimum absolute atomic E-state index is 0.0102. The highest BCUT2D eigenvalue weighted by Crippen LogP contribution is 2.36. The molecule has 0 saturated heterocycles. The van der Waals surface area contributed by atoms with Crippen LogP contribution in [0, 0.1) is 27.2 Å². The number of fused-ring (bicyclic) bond motifs is 1. The van der Waals surface area contributed by atoms with Crippen LogP contribution >= 0.6 is 0 Å². The molecule has 0 aliphatic carbocycles. The quantitative estimate of drug-likeness (QED) is 0.416. The standard InChI is InChI=1S/C16H11N5O5/c1-9-13(7-10(20(23)24)8-14(9)21(25)26)19-18-12-4-5-15(22)16-11(12)3-2-6-17-16/h2-8,22H,1H3/b19-18+. The predicted molar refractivity (Wildman–Crippen MR) is 92.1 cm³/mol. The summed E-state index contributed by atoms with van der Waals surface area (Å²) < 4.78 is 0. The van der Waals surface area contributed by atoms with Gasteiger partial charge in [0.25, 0.3) is 11.4 Å². The molecule has 130 valence electrons. The Morgan fingerprint density at radius 3 is 2.46 bits per heavy atom. The van der Waals surface area contributed by atoms with Gasteiger partial charge in [-0.25, -0.2) is 0 Å². The molecule has 1 N–H and O–H groups in total. The van der Waals surface area contributed by atoms with E-state index in [9.17, 15) is 25.3 Å². The molecule has 0 aliphatic rings. The summed E-state index contributed by atoms with van der Waals surface area (Å²) in [5.74, 6) is -0.0262. The molecule has 0 amide bonds. The summed E-state index contributed by atoms with van der Waals surface area (Å²) in [6.07, 6.45) is 1.51. The number of rotatable bonds is 4. The lowest BCUT2D eigenvalue weighted by molar-refractivity contribution is -0.394. The molecular formula is C16H11N5O5. The van der Waals surface area contributed by atoms with Crippen LogP contribution in [-0.4, -0.2) is 19.9 Å².